The van der Waals surface area contributed by atoms with Crippen LogP contribution in [0.2, 0.25) is 0 Å². The number of amides is 1. The highest BCUT2D eigenvalue weighted by Crippen LogP contribution is 2.26. The first-order valence-corrected chi connectivity index (χ1v) is 10.0. The molecule has 5 rings (SSSR count). The van der Waals surface area contributed by atoms with Gasteiger partial charge in [0.2, 0.25) is 5.91 Å². The number of carbonyl (C=O) groups is 1. The number of nitrogens with one attached hydrogen (secondary N) is 1. The molecule has 0 spiro atoms. The third-order valence-corrected chi connectivity index (χ3v) is 5.18. The molecule has 1 amide bonds. The molecule has 0 radical (unpaired) electrons. The molecule has 3 aromatic heterocycles. The van der Waals surface area contributed by atoms with Crippen molar-refractivity contribution < 1.29 is 9.53 Å². The minimum atomic E-state index is -0.445. The minimum Gasteiger partial charge on any atom is -0.378 e. The summed E-state index contributed by atoms with van der Waals surface area (Å²) in [6, 6.07) is 8.26. The summed E-state index contributed by atoms with van der Waals surface area (Å²) in [5, 5.41) is 7.54. The molecule has 1 fully saturated rings. The zero-order chi connectivity index (χ0) is 21.2. The van der Waals surface area contributed by atoms with Crippen LogP contribution in [0.3, 0.4) is 0 Å². The Kier molecular flexibility index (Phi) is 4.97. The van der Waals surface area contributed by atoms with E-state index in [1.165, 1.54) is 10.4 Å². The standard InChI is InChI=1S/C21H22N8O2/c22-19(30)14-28-13-15(11-25-28)18-12-24-20(21-23-5-6-29(18)21)26-16-1-3-17(4-2-16)27-7-9-31-10-8-27/h1-6,11-13H,7-10,14H2,(H2,22,30)(H,24,26). The first-order valence-electron chi connectivity index (χ1n) is 10.0. The molecule has 158 valence electrons. The number of primary amides is 1. The average molecular weight is 418 g/mol. The van der Waals surface area contributed by atoms with E-state index < -0.39 is 5.91 Å². The van der Waals surface area contributed by atoms with Crippen LogP contribution in [0.4, 0.5) is 17.2 Å². The van der Waals surface area contributed by atoms with Gasteiger partial charge in [-0.15, -0.1) is 0 Å². The molecule has 0 saturated carbocycles. The van der Waals surface area contributed by atoms with Crippen molar-refractivity contribution in [3.05, 3.63) is 55.2 Å². The van der Waals surface area contributed by atoms with Gasteiger partial charge in [0.15, 0.2) is 11.5 Å². The molecule has 0 unspecified atom stereocenters. The maximum Gasteiger partial charge on any atom is 0.239 e. The topological polar surface area (TPSA) is 116 Å². The van der Waals surface area contributed by atoms with E-state index >= 15 is 0 Å². The van der Waals surface area contributed by atoms with Crippen LogP contribution in [0.1, 0.15) is 0 Å². The van der Waals surface area contributed by atoms with Crippen molar-refractivity contribution in [1.29, 1.82) is 0 Å². The largest absolute Gasteiger partial charge is 0.378 e. The van der Waals surface area contributed by atoms with Crippen LogP contribution >= 0.6 is 0 Å². The van der Waals surface area contributed by atoms with Crippen LogP contribution in [0.25, 0.3) is 16.9 Å². The number of benzene rings is 1. The van der Waals surface area contributed by atoms with E-state index in [1.807, 2.05) is 22.7 Å². The number of ether oxygens (including phenoxy) is 1. The van der Waals surface area contributed by atoms with E-state index in [4.69, 9.17) is 10.5 Å². The molecule has 3 N–H and O–H groups in total. The molecule has 4 aromatic rings. The molecular weight excluding hydrogens is 396 g/mol. The summed E-state index contributed by atoms with van der Waals surface area (Å²) < 4.78 is 8.86. The Bertz CT molecular complexity index is 1210. The van der Waals surface area contributed by atoms with Crippen molar-refractivity contribution in [2.75, 3.05) is 36.5 Å². The van der Waals surface area contributed by atoms with Crippen LogP contribution in [-0.2, 0) is 16.1 Å². The fraction of sp³-hybridized carbons (Fsp3) is 0.238. The van der Waals surface area contributed by atoms with E-state index in [2.05, 4.69) is 37.4 Å². The summed E-state index contributed by atoms with van der Waals surface area (Å²) in [6.07, 6.45) is 8.78. The number of aromatic nitrogens is 5. The fourth-order valence-corrected chi connectivity index (χ4v) is 3.68. The van der Waals surface area contributed by atoms with Crippen LogP contribution in [0, 0.1) is 0 Å². The lowest BCUT2D eigenvalue weighted by Gasteiger charge is -2.28. The van der Waals surface area contributed by atoms with Crippen LogP contribution in [-0.4, -0.2) is 56.4 Å². The molecule has 0 bridgehead atoms. The average Bonchev–Trinajstić information content (AvgIpc) is 3.45. The highest BCUT2D eigenvalue weighted by molar-refractivity contribution is 5.75. The molecule has 0 aliphatic carbocycles. The van der Waals surface area contributed by atoms with Gasteiger partial charge in [-0.25, -0.2) is 9.97 Å². The molecule has 1 aliphatic rings. The Morgan fingerprint density at radius 1 is 1.13 bits per heavy atom. The molecule has 10 nitrogen and oxygen atoms in total. The second-order valence-electron chi connectivity index (χ2n) is 7.28. The van der Waals surface area contributed by atoms with Crippen molar-refractivity contribution in [3.8, 4) is 11.3 Å². The Morgan fingerprint density at radius 3 is 2.71 bits per heavy atom. The fourth-order valence-electron chi connectivity index (χ4n) is 3.68. The predicted octanol–water partition coefficient (Wildman–Crippen LogP) is 1.66. The molecule has 1 aliphatic heterocycles. The van der Waals surface area contributed by atoms with E-state index in [0.717, 1.165) is 43.2 Å². The Morgan fingerprint density at radius 2 is 1.94 bits per heavy atom. The zero-order valence-electron chi connectivity index (χ0n) is 16.8. The van der Waals surface area contributed by atoms with Crippen molar-refractivity contribution >= 4 is 28.7 Å². The number of hydrogen-bond donors (Lipinski definition) is 2. The molecule has 31 heavy (non-hydrogen) atoms. The maximum absolute atomic E-state index is 11.1. The van der Waals surface area contributed by atoms with E-state index in [9.17, 15) is 4.79 Å². The van der Waals surface area contributed by atoms with Gasteiger partial charge in [-0.3, -0.25) is 13.9 Å². The maximum atomic E-state index is 11.1. The number of nitrogens with zero attached hydrogens (tertiary/aromatic N) is 6. The lowest BCUT2D eigenvalue weighted by Crippen LogP contribution is -2.36. The molecule has 4 heterocycles. The number of morpholine rings is 1. The van der Waals surface area contributed by atoms with Gasteiger partial charge < -0.3 is 20.7 Å². The number of hydrogen-bond acceptors (Lipinski definition) is 7. The van der Waals surface area contributed by atoms with Crippen molar-refractivity contribution in [3.63, 3.8) is 0 Å². The predicted molar refractivity (Wildman–Crippen MR) is 116 cm³/mol. The van der Waals surface area contributed by atoms with Crippen molar-refractivity contribution in [2.24, 2.45) is 5.73 Å². The molecular formula is C21H22N8O2. The van der Waals surface area contributed by atoms with Gasteiger partial charge in [-0.2, -0.15) is 5.10 Å². The van der Waals surface area contributed by atoms with Gasteiger partial charge >= 0.3 is 0 Å². The van der Waals surface area contributed by atoms with Gasteiger partial charge in [0, 0.05) is 48.6 Å². The second kappa shape index (κ2) is 8.07. The van der Waals surface area contributed by atoms with Gasteiger partial charge in [-0.1, -0.05) is 0 Å². The summed E-state index contributed by atoms with van der Waals surface area (Å²) in [5.41, 5.74) is 9.68. The summed E-state index contributed by atoms with van der Waals surface area (Å²) >= 11 is 0. The lowest BCUT2D eigenvalue weighted by atomic mass is 10.2. The molecule has 1 aromatic carbocycles. The van der Waals surface area contributed by atoms with Crippen LogP contribution in [0.5, 0.6) is 0 Å². The first kappa shape index (κ1) is 19.1. The molecule has 10 heteroatoms. The highest BCUT2D eigenvalue weighted by Gasteiger charge is 2.14. The number of anilines is 3. The Hall–Kier alpha value is -3.92. The van der Waals surface area contributed by atoms with Crippen molar-refractivity contribution in [1.82, 2.24) is 24.1 Å². The smallest absolute Gasteiger partial charge is 0.239 e. The summed E-state index contributed by atoms with van der Waals surface area (Å²) in [6.45, 7) is 3.35. The quantitative estimate of drug-likeness (QED) is 0.489. The second-order valence-corrected chi connectivity index (χ2v) is 7.28. The van der Waals surface area contributed by atoms with Gasteiger partial charge in [0.25, 0.3) is 0 Å². The highest BCUT2D eigenvalue weighted by atomic mass is 16.5. The Balaban J connectivity index is 1.39. The van der Waals surface area contributed by atoms with E-state index in [1.54, 1.807) is 24.8 Å². The molecule has 1 saturated heterocycles. The van der Waals surface area contributed by atoms with E-state index in [0.29, 0.717) is 11.5 Å². The third-order valence-electron chi connectivity index (χ3n) is 5.18. The first-order chi connectivity index (χ1) is 15.2. The summed E-state index contributed by atoms with van der Waals surface area (Å²) in [4.78, 5) is 22.5. The minimum absolute atomic E-state index is 0.0284. The number of nitrogens with two attached hydrogens (primary N) is 1. The van der Waals surface area contributed by atoms with Crippen LogP contribution < -0.4 is 16.0 Å². The van der Waals surface area contributed by atoms with E-state index in [-0.39, 0.29) is 6.54 Å². The normalized spacial score (nSPS) is 14.1. The lowest BCUT2D eigenvalue weighted by molar-refractivity contribution is -0.118. The summed E-state index contributed by atoms with van der Waals surface area (Å²) in [5.74, 6) is 0.206. The monoisotopic (exact) mass is 418 g/mol. The van der Waals surface area contributed by atoms with Crippen LogP contribution in [0.15, 0.2) is 55.2 Å². The number of rotatable bonds is 6. The summed E-state index contributed by atoms with van der Waals surface area (Å²) in [7, 11) is 0. The number of imidazole rings is 1. The molecule has 0 atom stereocenters. The van der Waals surface area contributed by atoms with Gasteiger partial charge in [-0.05, 0) is 24.3 Å². The van der Waals surface area contributed by atoms with Crippen molar-refractivity contribution in [2.45, 2.75) is 6.54 Å². The van der Waals surface area contributed by atoms with Gasteiger partial charge in [0.1, 0.15) is 6.54 Å². The number of carbonyl (C=O) groups excluding carboxylic acids is 1. The third kappa shape index (κ3) is 3.92. The SMILES string of the molecule is NC(=O)Cn1cc(-c2cnc(Nc3ccc(N4CCOCC4)cc3)c3nccn23)cn1. The Labute approximate surface area is 178 Å². The van der Waals surface area contributed by atoms with Gasteiger partial charge in [0.05, 0.1) is 31.3 Å². The number of fused-ring (bicyclic) bond motifs is 1. The zero-order valence-corrected chi connectivity index (χ0v) is 16.8.